The van der Waals surface area contributed by atoms with Crippen molar-refractivity contribution >= 4 is 5.97 Å². The van der Waals surface area contributed by atoms with E-state index in [-0.39, 0.29) is 6.04 Å². The van der Waals surface area contributed by atoms with Gasteiger partial charge in [-0.2, -0.15) is 0 Å². The maximum Gasteiger partial charge on any atom is 0.312 e. The molecule has 0 aromatic heterocycles. The Labute approximate surface area is 114 Å². The highest BCUT2D eigenvalue weighted by Crippen LogP contribution is 2.30. The van der Waals surface area contributed by atoms with Crippen LogP contribution in [-0.2, 0) is 16.1 Å². The smallest absolute Gasteiger partial charge is 0.312 e. The summed E-state index contributed by atoms with van der Waals surface area (Å²) in [6.45, 7) is 4.13. The third kappa shape index (κ3) is 2.96. The molecule has 104 valence electrons. The number of fused-ring (bicyclic) bond motifs is 1. The highest BCUT2D eigenvalue weighted by atomic mass is 16.5. The Morgan fingerprint density at radius 3 is 2.89 bits per heavy atom. The molecule has 19 heavy (non-hydrogen) atoms. The Balaban J connectivity index is 2.26. The largest absolute Gasteiger partial charge is 0.481 e. The van der Waals surface area contributed by atoms with E-state index < -0.39 is 11.9 Å². The molecule has 0 amide bonds. The van der Waals surface area contributed by atoms with E-state index in [1.807, 2.05) is 24.3 Å². The van der Waals surface area contributed by atoms with Crippen LogP contribution in [0.5, 0.6) is 0 Å². The van der Waals surface area contributed by atoms with Gasteiger partial charge in [0.05, 0.1) is 12.5 Å². The molecule has 0 fully saturated rings. The number of hydrogen-bond acceptors (Lipinski definition) is 3. The number of ether oxygens (including phenoxy) is 1. The maximum absolute atomic E-state index is 11.5. The Morgan fingerprint density at radius 1 is 1.53 bits per heavy atom. The van der Waals surface area contributed by atoms with Crippen LogP contribution in [0.15, 0.2) is 24.3 Å². The Morgan fingerprint density at radius 2 is 2.26 bits per heavy atom. The zero-order valence-electron chi connectivity index (χ0n) is 11.5. The number of carbonyl (C=O) groups is 1. The molecule has 1 heterocycles. The van der Waals surface area contributed by atoms with Gasteiger partial charge < -0.3 is 9.84 Å². The van der Waals surface area contributed by atoms with Crippen LogP contribution in [0.1, 0.15) is 30.4 Å². The third-order valence-corrected chi connectivity index (χ3v) is 3.87. The molecule has 2 unspecified atom stereocenters. The van der Waals surface area contributed by atoms with E-state index in [2.05, 4.69) is 11.8 Å². The number of rotatable bonds is 5. The van der Waals surface area contributed by atoms with Crippen molar-refractivity contribution in [2.45, 2.75) is 31.8 Å². The Hall–Kier alpha value is -1.39. The first-order chi connectivity index (χ1) is 9.17. The fourth-order valence-electron chi connectivity index (χ4n) is 2.80. The van der Waals surface area contributed by atoms with E-state index in [1.54, 1.807) is 7.11 Å². The number of hydrogen-bond donors (Lipinski definition) is 1. The second-order valence-corrected chi connectivity index (χ2v) is 5.04. The first-order valence-corrected chi connectivity index (χ1v) is 6.71. The van der Waals surface area contributed by atoms with Gasteiger partial charge in [0.1, 0.15) is 0 Å². The van der Waals surface area contributed by atoms with Crippen LogP contribution in [0, 0.1) is 0 Å². The van der Waals surface area contributed by atoms with E-state index in [0.717, 1.165) is 24.1 Å². The molecular formula is C15H21NO3. The zero-order valence-corrected chi connectivity index (χ0v) is 11.5. The monoisotopic (exact) mass is 263 g/mol. The lowest BCUT2D eigenvalue weighted by atomic mass is 9.89. The molecule has 2 rings (SSSR count). The maximum atomic E-state index is 11.5. The van der Waals surface area contributed by atoms with Crippen molar-refractivity contribution in [1.29, 1.82) is 0 Å². The van der Waals surface area contributed by atoms with Crippen molar-refractivity contribution in [2.24, 2.45) is 0 Å². The second kappa shape index (κ2) is 6.17. The number of carboxylic acids is 1. The van der Waals surface area contributed by atoms with Gasteiger partial charge in [-0.25, -0.2) is 0 Å². The lowest BCUT2D eigenvalue weighted by molar-refractivity contribution is -0.140. The summed E-state index contributed by atoms with van der Waals surface area (Å²) in [5, 5.41) is 9.43. The van der Waals surface area contributed by atoms with Crippen LogP contribution < -0.4 is 0 Å². The summed E-state index contributed by atoms with van der Waals surface area (Å²) >= 11 is 0. The third-order valence-electron chi connectivity index (χ3n) is 3.87. The summed E-state index contributed by atoms with van der Waals surface area (Å²) < 4.78 is 5.24. The summed E-state index contributed by atoms with van der Waals surface area (Å²) in [4.78, 5) is 13.7. The summed E-state index contributed by atoms with van der Waals surface area (Å²) in [5.74, 6) is -1.18. The predicted octanol–water partition coefficient (Wildman–Crippen LogP) is 2.10. The van der Waals surface area contributed by atoms with Crippen LogP contribution in [0.3, 0.4) is 0 Å². The molecule has 1 aromatic carbocycles. The lowest BCUT2D eigenvalue weighted by Gasteiger charge is -2.37. The number of benzene rings is 1. The summed E-state index contributed by atoms with van der Waals surface area (Å²) in [6.07, 6.45) is 0.961. The fraction of sp³-hybridized carbons (Fsp3) is 0.533. The minimum atomic E-state index is -0.746. The molecule has 2 atom stereocenters. The lowest BCUT2D eigenvalue weighted by Crippen LogP contribution is -2.44. The predicted molar refractivity (Wildman–Crippen MR) is 73.2 cm³/mol. The molecule has 0 saturated carbocycles. The average molecular weight is 263 g/mol. The van der Waals surface area contributed by atoms with Gasteiger partial charge in [0, 0.05) is 26.2 Å². The second-order valence-electron chi connectivity index (χ2n) is 5.04. The quantitative estimate of drug-likeness (QED) is 0.884. The minimum absolute atomic E-state index is 0.278. The van der Waals surface area contributed by atoms with Crippen molar-refractivity contribution in [3.05, 3.63) is 35.4 Å². The molecule has 1 aromatic rings. The number of aliphatic carboxylic acids is 1. The van der Waals surface area contributed by atoms with Gasteiger partial charge in [-0.05, 0) is 17.5 Å². The van der Waals surface area contributed by atoms with Gasteiger partial charge in [-0.1, -0.05) is 31.2 Å². The Bertz CT molecular complexity index is 447. The fourth-order valence-corrected chi connectivity index (χ4v) is 2.80. The van der Waals surface area contributed by atoms with E-state index in [4.69, 9.17) is 4.74 Å². The van der Waals surface area contributed by atoms with Crippen LogP contribution in [-0.4, -0.2) is 42.3 Å². The SMILES string of the molecule is CCC(COC)N1Cc2ccccc2C(C(=O)O)C1. The van der Waals surface area contributed by atoms with Crippen LogP contribution in [0.2, 0.25) is 0 Å². The van der Waals surface area contributed by atoms with Gasteiger partial charge in [0.25, 0.3) is 0 Å². The van der Waals surface area contributed by atoms with Crippen molar-refractivity contribution < 1.29 is 14.6 Å². The normalized spacial score (nSPS) is 20.8. The van der Waals surface area contributed by atoms with Gasteiger partial charge in [0.15, 0.2) is 0 Å². The highest BCUT2D eigenvalue weighted by Gasteiger charge is 2.32. The van der Waals surface area contributed by atoms with Crippen LogP contribution >= 0.6 is 0 Å². The van der Waals surface area contributed by atoms with Crippen molar-refractivity contribution in [2.75, 3.05) is 20.3 Å². The summed E-state index contributed by atoms with van der Waals surface area (Å²) in [7, 11) is 1.69. The van der Waals surface area contributed by atoms with Gasteiger partial charge in [-0.15, -0.1) is 0 Å². The van der Waals surface area contributed by atoms with Crippen LogP contribution in [0.25, 0.3) is 0 Å². The molecular weight excluding hydrogens is 242 g/mol. The average Bonchev–Trinajstić information content (AvgIpc) is 2.43. The molecule has 4 nitrogen and oxygen atoms in total. The molecule has 1 aliphatic heterocycles. The molecule has 1 aliphatic rings. The summed E-state index contributed by atoms with van der Waals surface area (Å²) in [5.41, 5.74) is 2.08. The molecule has 0 radical (unpaired) electrons. The first kappa shape index (κ1) is 14.0. The molecule has 0 saturated heterocycles. The van der Waals surface area contributed by atoms with E-state index >= 15 is 0 Å². The number of nitrogens with zero attached hydrogens (tertiary/aromatic N) is 1. The molecule has 0 aliphatic carbocycles. The van der Waals surface area contributed by atoms with Gasteiger partial charge >= 0.3 is 5.97 Å². The standard InChI is InChI=1S/C15H21NO3/c1-3-12(10-19-2)16-8-11-6-4-5-7-13(11)14(9-16)15(17)18/h4-7,12,14H,3,8-10H2,1-2H3,(H,17,18). The van der Waals surface area contributed by atoms with Crippen molar-refractivity contribution in [3.8, 4) is 0 Å². The zero-order chi connectivity index (χ0) is 13.8. The topological polar surface area (TPSA) is 49.8 Å². The van der Waals surface area contributed by atoms with Crippen molar-refractivity contribution in [1.82, 2.24) is 4.90 Å². The first-order valence-electron chi connectivity index (χ1n) is 6.71. The molecule has 0 spiro atoms. The Kier molecular flexibility index (Phi) is 4.56. The highest BCUT2D eigenvalue weighted by molar-refractivity contribution is 5.77. The van der Waals surface area contributed by atoms with Crippen molar-refractivity contribution in [3.63, 3.8) is 0 Å². The number of carboxylic acid groups (broad SMARTS) is 1. The van der Waals surface area contributed by atoms with E-state index in [1.165, 1.54) is 0 Å². The van der Waals surface area contributed by atoms with Gasteiger partial charge in [-0.3, -0.25) is 9.69 Å². The van der Waals surface area contributed by atoms with E-state index in [0.29, 0.717) is 13.2 Å². The number of methoxy groups -OCH3 is 1. The van der Waals surface area contributed by atoms with Gasteiger partial charge in [0.2, 0.25) is 0 Å². The minimum Gasteiger partial charge on any atom is -0.481 e. The van der Waals surface area contributed by atoms with Crippen LogP contribution in [0.4, 0.5) is 0 Å². The molecule has 4 heteroatoms. The molecule has 0 bridgehead atoms. The molecule has 1 N–H and O–H groups in total. The summed E-state index contributed by atoms with van der Waals surface area (Å²) in [6, 6.07) is 8.12. The van der Waals surface area contributed by atoms with E-state index in [9.17, 15) is 9.90 Å².